The fourth-order valence-electron chi connectivity index (χ4n) is 10.8. The van der Waals surface area contributed by atoms with Gasteiger partial charge in [0.25, 0.3) is 6.04 Å². The van der Waals surface area contributed by atoms with Gasteiger partial charge in [-0.2, -0.15) is 31.6 Å². The molecule has 2 aromatic heterocycles. The van der Waals surface area contributed by atoms with Gasteiger partial charge in [0.1, 0.15) is 5.54 Å². The summed E-state index contributed by atoms with van der Waals surface area (Å²) in [6.07, 6.45) is -6.32. The molecule has 6 aliphatic carbocycles. The Morgan fingerprint density at radius 3 is 1.46 bits per heavy atom. The SMILES string of the molecule is Cc1cc(-c2ccc(S(=O)(=O)[C@H]3C[C@@H](OC4CCC4)[C@H](C(=O)NC4(C#[N+]C5CC(O[C@@H]6C[C@H](S(=O)(=O)c7ccc(-c8ccnc(C)c8)cc7C(F)(F)F)C[C@H]6C(=O)NC6(C#N)CC6)C5)CC4)C3)c(C(F)(F)F)c2)ccn1. The summed E-state index contributed by atoms with van der Waals surface area (Å²) in [5.41, 5.74) is -2.47. The number of ether oxygens (including phenoxy) is 2. The van der Waals surface area contributed by atoms with Crippen LogP contribution in [0.3, 0.4) is 0 Å². The molecule has 2 heterocycles. The highest BCUT2D eigenvalue weighted by molar-refractivity contribution is 7.92. The van der Waals surface area contributed by atoms with Crippen LogP contribution in [-0.2, 0) is 51.1 Å². The second kappa shape index (κ2) is 19.8. The fourth-order valence-corrected chi connectivity index (χ4v) is 14.8. The number of alkyl halides is 6. The van der Waals surface area contributed by atoms with Gasteiger partial charge in [-0.25, -0.2) is 16.8 Å². The number of amides is 2. The van der Waals surface area contributed by atoms with Crippen LogP contribution in [0.5, 0.6) is 0 Å². The monoisotopic (exact) mass is 1090 g/mol. The molecule has 0 spiro atoms. The van der Waals surface area contributed by atoms with Gasteiger partial charge >= 0.3 is 18.4 Å². The van der Waals surface area contributed by atoms with Crippen molar-refractivity contribution in [2.75, 3.05) is 0 Å². The molecule has 0 bridgehead atoms. The van der Waals surface area contributed by atoms with Gasteiger partial charge in [-0.3, -0.25) is 19.6 Å². The molecule has 2 amide bonds. The summed E-state index contributed by atoms with van der Waals surface area (Å²) >= 11 is 0. The number of hydrogen-bond acceptors (Lipinski definition) is 11. The van der Waals surface area contributed by atoms with Gasteiger partial charge in [0.2, 0.25) is 11.8 Å². The molecule has 14 nitrogen and oxygen atoms in total. The first-order valence-electron chi connectivity index (χ1n) is 25.4. The molecule has 2 aromatic carbocycles. The van der Waals surface area contributed by atoms with Crippen LogP contribution < -0.4 is 10.6 Å². The molecule has 0 unspecified atom stereocenters. The molecule has 6 saturated carbocycles. The number of nitrogens with one attached hydrogen (secondary N) is 2. The minimum atomic E-state index is -5.05. The van der Waals surface area contributed by atoms with E-state index in [1.54, 1.807) is 26.0 Å². The Morgan fingerprint density at radius 2 is 1.07 bits per heavy atom. The molecule has 6 fully saturated rings. The highest BCUT2D eigenvalue weighted by atomic mass is 32.2. The van der Waals surface area contributed by atoms with E-state index in [1.807, 2.05) is 0 Å². The van der Waals surface area contributed by atoms with Gasteiger partial charge < -0.3 is 20.1 Å². The highest BCUT2D eigenvalue weighted by Crippen LogP contribution is 2.47. The number of carbonyl (C=O) groups excluding carboxylic acids is 2. The molecule has 0 aliphatic heterocycles. The summed E-state index contributed by atoms with van der Waals surface area (Å²) in [4.78, 5) is 38.9. The third-order valence-electron chi connectivity index (χ3n) is 15.9. The van der Waals surface area contributed by atoms with Crippen molar-refractivity contribution in [3.8, 4) is 34.4 Å². The fraction of sp³-hybridized carbons (Fsp3) is 0.519. The number of pyridine rings is 2. The lowest BCUT2D eigenvalue weighted by Gasteiger charge is -2.31. The lowest BCUT2D eigenvalue weighted by Crippen LogP contribution is -2.45. The van der Waals surface area contributed by atoms with Crippen molar-refractivity contribution < 1.29 is 62.2 Å². The quantitative estimate of drug-likeness (QED) is 0.114. The molecule has 22 heteroatoms. The molecule has 0 saturated heterocycles. The normalized spacial score (nSPS) is 26.7. The second-order valence-corrected chi connectivity index (χ2v) is 25.8. The van der Waals surface area contributed by atoms with Crippen molar-refractivity contribution >= 4 is 31.5 Å². The number of hydrogen-bond donors (Lipinski definition) is 2. The van der Waals surface area contributed by atoms with Crippen LogP contribution in [0.1, 0.15) is 106 Å². The number of benzene rings is 2. The van der Waals surface area contributed by atoms with Crippen molar-refractivity contribution in [1.29, 1.82) is 5.26 Å². The standard InChI is InChI=1S/C54H54F6N6O8S2/c1-30-18-34(10-16-62-30)32-6-8-47(43(20-32)53(55,56)57)75(69,70)39-24-41(45(26-39)73-37-4-3-5-37)50(68)66-52(14-15-52)29-64-36-22-38(23-36)74-46-27-40(25-42(46)49(67)65-51(28-61)12-13-51)76(71,72)48-9-7-33(21-44(48)54(58,59)60)35-11-17-63-31(2)19-35/h6-11,16-21,36-42,45-46H,3-5,12-15,22-27H2,1-2H3,(H-,65,66,67,68)/p+1/t36?,38?,39-,40-,41-,42-,45-,46-/m1/s1. The van der Waals surface area contributed by atoms with Crippen molar-refractivity contribution in [3.05, 3.63) is 100 Å². The maximum atomic E-state index is 14.7. The molecular formula is C54H55F6N6O8S2+. The molecule has 2 N–H and O–H groups in total. The van der Waals surface area contributed by atoms with Gasteiger partial charge in [-0.15, -0.1) is 0 Å². The van der Waals surface area contributed by atoms with E-state index < -0.39 is 116 Å². The Balaban J connectivity index is 0.812. The van der Waals surface area contributed by atoms with Gasteiger partial charge in [-0.05, 0) is 155 Å². The zero-order valence-corrected chi connectivity index (χ0v) is 43.1. The van der Waals surface area contributed by atoms with Gasteiger partial charge in [0.15, 0.2) is 25.2 Å². The summed E-state index contributed by atoms with van der Waals surface area (Å²) in [6, 6.07) is 17.2. The summed E-state index contributed by atoms with van der Waals surface area (Å²) in [6.45, 7) is 3.36. The van der Waals surface area contributed by atoms with E-state index in [9.17, 15) is 58.0 Å². The van der Waals surface area contributed by atoms with Gasteiger partial charge in [0.05, 0.1) is 86.6 Å². The average Bonchev–Trinajstić information content (AvgIpc) is 4.19. The van der Waals surface area contributed by atoms with Crippen molar-refractivity contribution in [2.24, 2.45) is 11.8 Å². The Kier molecular flexibility index (Phi) is 13.9. The smallest absolute Gasteiger partial charge is 0.374 e. The summed E-state index contributed by atoms with van der Waals surface area (Å²) < 4.78 is 158. The van der Waals surface area contributed by atoms with E-state index in [2.05, 4.69) is 37.6 Å². The van der Waals surface area contributed by atoms with Gasteiger partial charge in [-0.1, -0.05) is 17.0 Å². The van der Waals surface area contributed by atoms with Crippen molar-refractivity contribution in [2.45, 2.75) is 171 Å². The lowest BCUT2D eigenvalue weighted by molar-refractivity contribution is -0.140. The first-order chi connectivity index (χ1) is 35.8. The molecular weight excluding hydrogens is 1040 g/mol. The Morgan fingerprint density at radius 1 is 0.632 bits per heavy atom. The highest BCUT2D eigenvalue weighted by Gasteiger charge is 2.56. The van der Waals surface area contributed by atoms with Crippen molar-refractivity contribution in [3.63, 3.8) is 0 Å². The maximum Gasteiger partial charge on any atom is 0.417 e. The molecule has 402 valence electrons. The lowest BCUT2D eigenvalue weighted by atomic mass is 9.89. The van der Waals surface area contributed by atoms with Crippen LogP contribution in [0.15, 0.2) is 82.8 Å². The van der Waals surface area contributed by atoms with E-state index in [-0.39, 0.29) is 49.0 Å². The number of nitrogens with zero attached hydrogens (tertiary/aromatic N) is 4. The van der Waals surface area contributed by atoms with E-state index in [0.29, 0.717) is 73.9 Å². The average molecular weight is 1090 g/mol. The zero-order valence-electron chi connectivity index (χ0n) is 41.5. The predicted molar refractivity (Wildman–Crippen MR) is 263 cm³/mol. The van der Waals surface area contributed by atoms with E-state index in [4.69, 9.17) is 9.47 Å². The van der Waals surface area contributed by atoms with Crippen LogP contribution in [-0.4, -0.2) is 90.7 Å². The molecule has 76 heavy (non-hydrogen) atoms. The second-order valence-electron chi connectivity index (χ2n) is 21.4. The Bertz CT molecular complexity index is 3300. The summed E-state index contributed by atoms with van der Waals surface area (Å²) in [5, 5.41) is 12.6. The number of aromatic nitrogens is 2. The topological polar surface area (TPSA) is 199 Å². The third kappa shape index (κ3) is 11.0. The number of nitriles is 1. The molecule has 10 rings (SSSR count). The number of carbonyl (C=O) groups is 2. The van der Waals surface area contributed by atoms with Crippen LogP contribution in [0.25, 0.3) is 27.1 Å². The molecule has 4 aromatic rings. The number of sulfone groups is 2. The predicted octanol–water partition coefficient (Wildman–Crippen LogP) is 9.28. The molecule has 0 radical (unpaired) electrons. The number of rotatable bonds is 14. The summed E-state index contributed by atoms with van der Waals surface area (Å²) in [5.74, 6) is -3.26. The van der Waals surface area contributed by atoms with Crippen LogP contribution in [0.4, 0.5) is 26.3 Å². The first-order valence-corrected chi connectivity index (χ1v) is 28.5. The van der Waals surface area contributed by atoms with Crippen LogP contribution >= 0.6 is 0 Å². The maximum absolute atomic E-state index is 14.7. The number of halogens is 6. The largest absolute Gasteiger partial charge is 0.417 e. The number of aryl methyl sites for hydroxylation is 2. The van der Waals surface area contributed by atoms with E-state index in [0.717, 1.165) is 30.7 Å². The Labute approximate surface area is 436 Å². The minimum Gasteiger partial charge on any atom is -0.374 e. The summed E-state index contributed by atoms with van der Waals surface area (Å²) in [7, 11) is -9.36. The van der Waals surface area contributed by atoms with Crippen LogP contribution in [0.2, 0.25) is 0 Å². The molecule has 6 aliphatic rings. The zero-order chi connectivity index (χ0) is 54.2. The van der Waals surface area contributed by atoms with Gasteiger partial charge in [0, 0.05) is 23.8 Å². The minimum absolute atomic E-state index is 0.143. The van der Waals surface area contributed by atoms with E-state index in [1.165, 1.54) is 36.7 Å². The Hall–Kier alpha value is -5.94. The van der Waals surface area contributed by atoms with Crippen LogP contribution in [0, 0.1) is 43.1 Å². The first kappa shape index (κ1) is 53.5. The van der Waals surface area contributed by atoms with E-state index >= 15 is 0 Å². The third-order valence-corrected chi connectivity index (χ3v) is 20.3. The van der Waals surface area contributed by atoms with Crippen molar-refractivity contribution in [1.82, 2.24) is 20.6 Å². The molecule has 6 atom stereocenters.